The van der Waals surface area contributed by atoms with Gasteiger partial charge >= 0.3 is 0 Å². The van der Waals surface area contributed by atoms with Crippen LogP contribution in [-0.4, -0.2) is 104 Å². The van der Waals surface area contributed by atoms with Gasteiger partial charge in [0.1, 0.15) is 23.8 Å². The zero-order valence-electron chi connectivity index (χ0n) is 21.6. The summed E-state index contributed by atoms with van der Waals surface area (Å²) in [4.78, 5) is 46.3. The molecular formula is C27H34N6O5. The van der Waals surface area contributed by atoms with E-state index >= 15 is 0 Å². The van der Waals surface area contributed by atoms with Gasteiger partial charge in [0, 0.05) is 33.3 Å². The van der Waals surface area contributed by atoms with Gasteiger partial charge in [0.2, 0.25) is 17.7 Å². The molecule has 1 N–H and O–H groups in total. The number of benzene rings is 1. The summed E-state index contributed by atoms with van der Waals surface area (Å²) in [6.45, 7) is 8.29. The normalized spacial score (nSPS) is 27.5. The van der Waals surface area contributed by atoms with Crippen LogP contribution in [0.1, 0.15) is 19.3 Å². The fourth-order valence-electron chi connectivity index (χ4n) is 6.46. The number of fused-ring (bicyclic) bond motifs is 2. The summed E-state index contributed by atoms with van der Waals surface area (Å²) in [7, 11) is 1.68. The average Bonchev–Trinajstić information content (AvgIpc) is 3.66. The minimum absolute atomic E-state index is 0.110. The van der Waals surface area contributed by atoms with Crippen LogP contribution in [0.4, 0.5) is 0 Å². The summed E-state index contributed by atoms with van der Waals surface area (Å²) in [6, 6.07) is 6.55. The van der Waals surface area contributed by atoms with Crippen molar-refractivity contribution in [2.24, 2.45) is 11.8 Å². The molecule has 5 atom stereocenters. The quantitative estimate of drug-likeness (QED) is 0.434. The second-order valence-electron chi connectivity index (χ2n) is 10.2. The van der Waals surface area contributed by atoms with E-state index in [-0.39, 0.29) is 44.1 Å². The van der Waals surface area contributed by atoms with Gasteiger partial charge in [-0.3, -0.25) is 14.4 Å². The third kappa shape index (κ3) is 4.01. The van der Waals surface area contributed by atoms with Crippen molar-refractivity contribution < 1.29 is 24.2 Å². The van der Waals surface area contributed by atoms with Gasteiger partial charge in [0.25, 0.3) is 0 Å². The lowest BCUT2D eigenvalue weighted by atomic mass is 9.70. The van der Waals surface area contributed by atoms with Crippen LogP contribution >= 0.6 is 0 Å². The number of likely N-dealkylation sites (N-methyl/N-ethyl adjacent to an activating group) is 1. The number of carbonyl (C=O) groups excluding carboxylic acids is 3. The van der Waals surface area contributed by atoms with Crippen molar-refractivity contribution in [3.8, 4) is 0 Å². The molecule has 2 aromatic rings. The summed E-state index contributed by atoms with van der Waals surface area (Å²) in [5.41, 5.74) is 0.382. The molecule has 2 unspecified atom stereocenters. The summed E-state index contributed by atoms with van der Waals surface area (Å²) < 4.78 is 8.13. The Labute approximate surface area is 221 Å². The summed E-state index contributed by atoms with van der Waals surface area (Å²) in [6.07, 6.45) is 4.25. The first-order valence-electron chi connectivity index (χ1n) is 13.0. The number of likely N-dealkylation sites (tertiary alicyclic amines) is 1. The van der Waals surface area contributed by atoms with Gasteiger partial charge in [0.05, 0.1) is 23.5 Å². The molecule has 3 amide bonds. The van der Waals surface area contributed by atoms with Crippen molar-refractivity contribution in [3.05, 3.63) is 49.6 Å². The Hall–Kier alpha value is -3.57. The number of amides is 3. The first kappa shape index (κ1) is 26.1. The summed E-state index contributed by atoms with van der Waals surface area (Å²) in [5.74, 6) is -2.17. The molecule has 5 rings (SSSR count). The highest BCUT2D eigenvalue weighted by Crippen LogP contribution is 2.58. The number of para-hydroxylation sites is 1. The highest BCUT2D eigenvalue weighted by molar-refractivity contribution is 5.99. The van der Waals surface area contributed by atoms with Crippen LogP contribution < -0.4 is 0 Å². The summed E-state index contributed by atoms with van der Waals surface area (Å²) in [5, 5.41) is 18.0. The van der Waals surface area contributed by atoms with E-state index in [0.717, 1.165) is 5.52 Å². The number of nitrogens with zero attached hydrogens (tertiary/aromatic N) is 6. The van der Waals surface area contributed by atoms with Gasteiger partial charge in [-0.1, -0.05) is 29.5 Å². The molecule has 3 aliphatic heterocycles. The minimum Gasteiger partial charge on any atom is -0.396 e. The molecular weight excluding hydrogens is 488 g/mol. The molecule has 3 saturated heterocycles. The predicted octanol–water partition coefficient (Wildman–Crippen LogP) is 0.805. The Morgan fingerprint density at radius 3 is 2.74 bits per heavy atom. The zero-order valence-corrected chi connectivity index (χ0v) is 21.6. The third-order valence-electron chi connectivity index (χ3n) is 8.04. The van der Waals surface area contributed by atoms with E-state index in [1.807, 2.05) is 24.3 Å². The van der Waals surface area contributed by atoms with E-state index in [9.17, 15) is 19.5 Å². The molecule has 0 saturated carbocycles. The van der Waals surface area contributed by atoms with Crippen LogP contribution in [0, 0.1) is 11.8 Å². The van der Waals surface area contributed by atoms with E-state index in [4.69, 9.17) is 4.74 Å². The van der Waals surface area contributed by atoms with Crippen LogP contribution in [0.25, 0.3) is 11.0 Å². The molecule has 4 heterocycles. The van der Waals surface area contributed by atoms with E-state index in [1.54, 1.807) is 33.7 Å². The molecule has 11 heteroatoms. The van der Waals surface area contributed by atoms with E-state index in [1.165, 1.54) is 4.90 Å². The minimum atomic E-state index is -1.10. The highest BCUT2D eigenvalue weighted by atomic mass is 16.5. The maximum Gasteiger partial charge on any atom is 0.250 e. The lowest BCUT2D eigenvalue weighted by molar-refractivity contribution is -0.149. The third-order valence-corrected chi connectivity index (χ3v) is 8.04. The van der Waals surface area contributed by atoms with Crippen molar-refractivity contribution >= 4 is 28.8 Å². The van der Waals surface area contributed by atoms with Gasteiger partial charge in [-0.25, -0.2) is 4.68 Å². The fourth-order valence-corrected chi connectivity index (χ4v) is 6.46. The first-order valence-corrected chi connectivity index (χ1v) is 13.0. The molecule has 38 heavy (non-hydrogen) atoms. The number of aliphatic hydroxyl groups excluding tert-OH is 1. The van der Waals surface area contributed by atoms with E-state index in [0.29, 0.717) is 31.3 Å². The second kappa shape index (κ2) is 10.3. The molecule has 1 spiro atoms. The molecule has 2 bridgehead atoms. The molecule has 3 fully saturated rings. The van der Waals surface area contributed by atoms with Crippen molar-refractivity contribution in [1.29, 1.82) is 0 Å². The molecule has 0 aliphatic carbocycles. The topological polar surface area (TPSA) is 121 Å². The highest BCUT2D eigenvalue weighted by Gasteiger charge is 2.74. The first-order chi connectivity index (χ1) is 18.4. The summed E-state index contributed by atoms with van der Waals surface area (Å²) >= 11 is 0. The Morgan fingerprint density at radius 1 is 1.24 bits per heavy atom. The lowest BCUT2D eigenvalue weighted by Gasteiger charge is -2.36. The van der Waals surface area contributed by atoms with Crippen molar-refractivity contribution in [1.82, 2.24) is 29.7 Å². The number of hydrogen-bond donors (Lipinski definition) is 1. The van der Waals surface area contributed by atoms with E-state index < -0.39 is 29.6 Å². The maximum absolute atomic E-state index is 14.3. The van der Waals surface area contributed by atoms with Gasteiger partial charge in [-0.05, 0) is 31.4 Å². The van der Waals surface area contributed by atoms with Crippen molar-refractivity contribution in [2.75, 3.05) is 33.3 Å². The lowest BCUT2D eigenvalue weighted by Crippen LogP contribution is -2.56. The van der Waals surface area contributed by atoms with Crippen molar-refractivity contribution in [3.63, 3.8) is 0 Å². The second-order valence-corrected chi connectivity index (χ2v) is 10.2. The maximum atomic E-state index is 14.3. The Morgan fingerprint density at radius 2 is 2.00 bits per heavy atom. The Balaban J connectivity index is 1.50. The van der Waals surface area contributed by atoms with Crippen molar-refractivity contribution in [2.45, 2.75) is 43.7 Å². The molecule has 1 aromatic carbocycles. The monoisotopic (exact) mass is 522 g/mol. The molecule has 0 radical (unpaired) electrons. The van der Waals surface area contributed by atoms with Crippen LogP contribution in [0.5, 0.6) is 0 Å². The Kier molecular flexibility index (Phi) is 7.06. The number of hydrogen-bond acceptors (Lipinski definition) is 7. The van der Waals surface area contributed by atoms with Crippen LogP contribution in [-0.2, 0) is 25.8 Å². The van der Waals surface area contributed by atoms with Gasteiger partial charge in [0.15, 0.2) is 0 Å². The van der Waals surface area contributed by atoms with Gasteiger partial charge in [-0.15, -0.1) is 18.3 Å². The number of carbonyl (C=O) groups is 3. The number of rotatable bonds is 11. The Bertz CT molecular complexity index is 1260. The van der Waals surface area contributed by atoms with Crippen LogP contribution in [0.2, 0.25) is 0 Å². The van der Waals surface area contributed by atoms with Crippen LogP contribution in [0.3, 0.4) is 0 Å². The SMILES string of the molecule is C=CCN(C)C(=O)[C@@H]1[C@@H]2CCC3(O2)C(C(=O)N(CC=C)Cn2nnc4ccccc42)N(CCCO)C(=O)[C@H]13. The molecule has 1 aromatic heterocycles. The number of aromatic nitrogens is 3. The predicted molar refractivity (Wildman–Crippen MR) is 138 cm³/mol. The average molecular weight is 523 g/mol. The van der Waals surface area contributed by atoms with E-state index in [2.05, 4.69) is 23.5 Å². The van der Waals surface area contributed by atoms with Gasteiger partial charge < -0.3 is 24.5 Å². The molecule has 202 valence electrons. The standard InChI is InChI=1S/C27H34N6O5/c1-4-13-30(3)24(35)21-20-11-12-27(38-20)22(21)25(36)32(15-8-16-34)23(27)26(37)31(14-5-2)17-33-19-10-7-6-9-18(19)28-29-33/h4-7,9-10,20-23,34H,1-2,8,11-17H2,3H3/t20-,21+,22-,23?,27?/m0/s1. The zero-order chi connectivity index (χ0) is 27.0. The molecule has 11 nitrogen and oxygen atoms in total. The largest absolute Gasteiger partial charge is 0.396 e. The number of ether oxygens (including phenoxy) is 1. The fraction of sp³-hybridized carbons (Fsp3) is 0.519. The van der Waals surface area contributed by atoms with Crippen LogP contribution in [0.15, 0.2) is 49.6 Å². The number of aliphatic hydroxyl groups is 1. The smallest absolute Gasteiger partial charge is 0.250 e. The molecule has 3 aliphatic rings. The van der Waals surface area contributed by atoms with Gasteiger partial charge in [-0.2, -0.15) is 0 Å².